The summed E-state index contributed by atoms with van der Waals surface area (Å²) in [7, 11) is 0. The van der Waals surface area contributed by atoms with Gasteiger partial charge in [0.05, 0.1) is 0 Å². The van der Waals surface area contributed by atoms with Crippen molar-refractivity contribution in [1.82, 2.24) is 5.16 Å². The zero-order valence-corrected chi connectivity index (χ0v) is 12.3. The number of benzene rings is 1. The highest BCUT2D eigenvalue weighted by Crippen LogP contribution is 2.29. The Morgan fingerprint density at radius 3 is 2.50 bits per heavy atom. The maximum Gasteiger partial charge on any atom is 0.361 e. The lowest BCUT2D eigenvalue weighted by Crippen LogP contribution is -2.18. The molecule has 0 spiro atoms. The second kappa shape index (κ2) is 5.49. The summed E-state index contributed by atoms with van der Waals surface area (Å²) in [4.78, 5) is 12.2. The van der Waals surface area contributed by atoms with E-state index < -0.39 is 5.97 Å². The fraction of sp³-hybridized carbons (Fsp3) is 0.375. The molecule has 0 saturated heterocycles. The standard InChI is InChI=1S/C16H19NO3/c1-11-13(16(2,3)4)14(17-20-11)15(18)19-10-12-8-6-5-7-9-12/h5-9H,10H2,1-4H3. The fourth-order valence-corrected chi connectivity index (χ4v) is 2.19. The summed E-state index contributed by atoms with van der Waals surface area (Å²) in [5, 5.41) is 3.84. The molecule has 0 atom stereocenters. The Morgan fingerprint density at radius 1 is 1.25 bits per heavy atom. The van der Waals surface area contributed by atoms with E-state index in [4.69, 9.17) is 9.26 Å². The number of rotatable bonds is 3. The van der Waals surface area contributed by atoms with E-state index in [1.807, 2.05) is 58.0 Å². The van der Waals surface area contributed by atoms with Crippen LogP contribution in [0.4, 0.5) is 0 Å². The summed E-state index contributed by atoms with van der Waals surface area (Å²) in [6.07, 6.45) is 0. The van der Waals surface area contributed by atoms with E-state index in [9.17, 15) is 4.79 Å². The van der Waals surface area contributed by atoms with Crippen molar-refractivity contribution in [3.05, 3.63) is 52.9 Å². The van der Waals surface area contributed by atoms with Gasteiger partial charge in [-0.05, 0) is 17.9 Å². The second-order valence-electron chi connectivity index (χ2n) is 5.77. The van der Waals surface area contributed by atoms with Gasteiger partial charge in [-0.3, -0.25) is 0 Å². The highest BCUT2D eigenvalue weighted by molar-refractivity contribution is 5.89. The molecule has 106 valence electrons. The minimum atomic E-state index is -0.448. The van der Waals surface area contributed by atoms with Gasteiger partial charge >= 0.3 is 5.97 Å². The van der Waals surface area contributed by atoms with E-state index in [0.29, 0.717) is 5.76 Å². The number of ether oxygens (including phenoxy) is 1. The summed E-state index contributed by atoms with van der Waals surface area (Å²) < 4.78 is 10.4. The highest BCUT2D eigenvalue weighted by atomic mass is 16.5. The normalized spacial score (nSPS) is 11.4. The van der Waals surface area contributed by atoms with Crippen LogP contribution >= 0.6 is 0 Å². The fourth-order valence-electron chi connectivity index (χ4n) is 2.19. The number of carbonyl (C=O) groups excluding carboxylic acids is 1. The number of aromatic nitrogens is 1. The number of hydrogen-bond acceptors (Lipinski definition) is 4. The largest absolute Gasteiger partial charge is 0.456 e. The lowest BCUT2D eigenvalue weighted by atomic mass is 9.85. The van der Waals surface area contributed by atoms with Crippen molar-refractivity contribution in [2.24, 2.45) is 0 Å². The Bertz CT molecular complexity index is 594. The number of aryl methyl sites for hydroxylation is 1. The molecule has 0 N–H and O–H groups in total. The van der Waals surface area contributed by atoms with Gasteiger partial charge in [-0.1, -0.05) is 56.3 Å². The van der Waals surface area contributed by atoms with Crippen LogP contribution in [0.3, 0.4) is 0 Å². The zero-order chi connectivity index (χ0) is 14.8. The molecule has 0 unspecified atom stereocenters. The maximum atomic E-state index is 12.2. The van der Waals surface area contributed by atoms with Crippen LogP contribution in [0, 0.1) is 6.92 Å². The number of nitrogens with zero attached hydrogens (tertiary/aromatic N) is 1. The lowest BCUT2D eigenvalue weighted by Gasteiger charge is -2.18. The Hall–Kier alpha value is -2.10. The quantitative estimate of drug-likeness (QED) is 0.801. The van der Waals surface area contributed by atoms with Crippen LogP contribution in [0.5, 0.6) is 0 Å². The average Bonchev–Trinajstić information content (AvgIpc) is 2.79. The zero-order valence-electron chi connectivity index (χ0n) is 12.3. The van der Waals surface area contributed by atoms with Gasteiger partial charge in [-0.15, -0.1) is 0 Å². The topological polar surface area (TPSA) is 52.3 Å². The van der Waals surface area contributed by atoms with Gasteiger partial charge in [-0.2, -0.15) is 0 Å². The molecule has 0 amide bonds. The Kier molecular flexibility index (Phi) is 3.93. The van der Waals surface area contributed by atoms with Crippen molar-refractivity contribution in [2.45, 2.75) is 39.7 Å². The van der Waals surface area contributed by atoms with Crippen molar-refractivity contribution in [1.29, 1.82) is 0 Å². The molecule has 0 bridgehead atoms. The Morgan fingerprint density at radius 2 is 1.90 bits per heavy atom. The SMILES string of the molecule is Cc1onc(C(=O)OCc2ccccc2)c1C(C)(C)C. The molecular weight excluding hydrogens is 254 g/mol. The maximum absolute atomic E-state index is 12.2. The number of hydrogen-bond donors (Lipinski definition) is 0. The lowest BCUT2D eigenvalue weighted by molar-refractivity contribution is 0.0458. The summed E-state index contributed by atoms with van der Waals surface area (Å²) >= 11 is 0. The Labute approximate surface area is 118 Å². The van der Waals surface area contributed by atoms with Crippen molar-refractivity contribution in [3.8, 4) is 0 Å². The second-order valence-corrected chi connectivity index (χ2v) is 5.77. The van der Waals surface area contributed by atoms with Crippen LogP contribution in [0.15, 0.2) is 34.9 Å². The molecule has 4 heteroatoms. The van der Waals surface area contributed by atoms with Crippen LogP contribution in [0.1, 0.15) is 48.1 Å². The van der Waals surface area contributed by atoms with E-state index in [1.165, 1.54) is 0 Å². The van der Waals surface area contributed by atoms with Gasteiger partial charge in [0.15, 0.2) is 5.69 Å². The molecule has 1 aromatic carbocycles. The van der Waals surface area contributed by atoms with Crippen molar-refractivity contribution in [2.75, 3.05) is 0 Å². The predicted octanol–water partition coefficient (Wildman–Crippen LogP) is 3.64. The molecule has 0 aliphatic rings. The van der Waals surface area contributed by atoms with Gasteiger partial charge in [0.1, 0.15) is 12.4 Å². The van der Waals surface area contributed by atoms with Crippen molar-refractivity contribution >= 4 is 5.97 Å². The molecule has 0 aliphatic carbocycles. The van der Waals surface area contributed by atoms with E-state index in [-0.39, 0.29) is 17.7 Å². The van der Waals surface area contributed by atoms with Gasteiger partial charge in [0, 0.05) is 5.56 Å². The Balaban J connectivity index is 2.15. The molecule has 0 aliphatic heterocycles. The third-order valence-electron chi connectivity index (χ3n) is 3.02. The van der Waals surface area contributed by atoms with Crippen LogP contribution in [0.25, 0.3) is 0 Å². The van der Waals surface area contributed by atoms with Crippen LogP contribution in [0.2, 0.25) is 0 Å². The monoisotopic (exact) mass is 273 g/mol. The van der Waals surface area contributed by atoms with Gasteiger partial charge in [0.2, 0.25) is 0 Å². The summed E-state index contributed by atoms with van der Waals surface area (Å²) in [6.45, 7) is 8.08. The summed E-state index contributed by atoms with van der Waals surface area (Å²) in [6, 6.07) is 9.55. The third-order valence-corrected chi connectivity index (χ3v) is 3.02. The molecule has 1 aromatic heterocycles. The van der Waals surface area contributed by atoms with Gasteiger partial charge in [0.25, 0.3) is 0 Å². The first kappa shape index (κ1) is 14.3. The van der Waals surface area contributed by atoms with Crippen LogP contribution < -0.4 is 0 Å². The molecule has 4 nitrogen and oxygen atoms in total. The summed E-state index contributed by atoms with van der Waals surface area (Å²) in [5.41, 5.74) is 1.80. The van der Waals surface area contributed by atoms with E-state index in [1.54, 1.807) is 0 Å². The van der Waals surface area contributed by atoms with Gasteiger partial charge in [-0.25, -0.2) is 4.79 Å². The first-order chi connectivity index (χ1) is 9.39. The van der Waals surface area contributed by atoms with Crippen LogP contribution in [-0.2, 0) is 16.8 Å². The highest BCUT2D eigenvalue weighted by Gasteiger charge is 2.29. The minimum Gasteiger partial charge on any atom is -0.456 e. The first-order valence-electron chi connectivity index (χ1n) is 6.57. The van der Waals surface area contributed by atoms with E-state index in [2.05, 4.69) is 5.16 Å². The number of carbonyl (C=O) groups is 1. The summed E-state index contributed by atoms with van der Waals surface area (Å²) in [5.74, 6) is 0.208. The molecule has 20 heavy (non-hydrogen) atoms. The number of esters is 1. The van der Waals surface area contributed by atoms with Crippen molar-refractivity contribution < 1.29 is 14.1 Å². The molecule has 0 saturated carbocycles. The van der Waals surface area contributed by atoms with Crippen LogP contribution in [-0.4, -0.2) is 11.1 Å². The molecule has 2 rings (SSSR count). The molecule has 0 radical (unpaired) electrons. The van der Waals surface area contributed by atoms with E-state index in [0.717, 1.165) is 11.1 Å². The average molecular weight is 273 g/mol. The first-order valence-corrected chi connectivity index (χ1v) is 6.57. The molecular formula is C16H19NO3. The minimum absolute atomic E-state index is 0.217. The van der Waals surface area contributed by atoms with Gasteiger partial charge < -0.3 is 9.26 Å². The van der Waals surface area contributed by atoms with Crippen molar-refractivity contribution in [3.63, 3.8) is 0 Å². The third kappa shape index (κ3) is 3.07. The van der Waals surface area contributed by atoms with E-state index >= 15 is 0 Å². The predicted molar refractivity (Wildman–Crippen MR) is 75.5 cm³/mol. The smallest absolute Gasteiger partial charge is 0.361 e. The molecule has 2 aromatic rings. The molecule has 1 heterocycles. The molecule has 0 fully saturated rings.